The predicted molar refractivity (Wildman–Crippen MR) is 116 cm³/mol. The number of halogens is 2. The van der Waals surface area contributed by atoms with Crippen molar-refractivity contribution in [2.45, 2.75) is 104 Å². The number of aryl methyl sites for hydroxylation is 2. The van der Waals surface area contributed by atoms with Crippen LogP contribution in [-0.4, -0.2) is 0 Å². The Kier molecular flexibility index (Phi) is 13.3. The summed E-state index contributed by atoms with van der Waals surface area (Å²) in [4.78, 5) is 0. The molecule has 0 radical (unpaired) electrons. The molecule has 0 N–H and O–H groups in total. The van der Waals surface area contributed by atoms with E-state index in [1.165, 1.54) is 110 Å². The number of benzene rings is 1. The summed E-state index contributed by atoms with van der Waals surface area (Å²) in [6.45, 7) is 4.56. The first-order valence-electron chi connectivity index (χ1n) is 10.2. The van der Waals surface area contributed by atoms with E-state index >= 15 is 0 Å². The normalized spacial score (nSPS) is 11.2. The molecule has 138 valence electrons. The monoisotopic (exact) mass is 458 g/mol. The van der Waals surface area contributed by atoms with Gasteiger partial charge in [-0.25, -0.2) is 0 Å². The molecule has 0 aromatic heterocycles. The SMILES string of the molecule is CCCCCCCCc1cc(CCCCCCCC)c(Br)cc1Br. The van der Waals surface area contributed by atoms with Gasteiger partial charge in [0.2, 0.25) is 0 Å². The Labute approximate surface area is 167 Å². The fourth-order valence-corrected chi connectivity index (χ4v) is 4.61. The van der Waals surface area contributed by atoms with E-state index in [4.69, 9.17) is 0 Å². The third-order valence-corrected chi connectivity index (χ3v) is 6.29. The topological polar surface area (TPSA) is 0 Å². The minimum Gasteiger partial charge on any atom is -0.0654 e. The molecule has 0 nitrogen and oxygen atoms in total. The largest absolute Gasteiger partial charge is 0.0654 e. The van der Waals surface area contributed by atoms with Crippen molar-refractivity contribution in [3.63, 3.8) is 0 Å². The van der Waals surface area contributed by atoms with E-state index in [1.807, 2.05) is 0 Å². The second-order valence-electron chi connectivity index (χ2n) is 7.07. The fraction of sp³-hybridized carbons (Fsp3) is 0.727. The highest BCUT2D eigenvalue weighted by Crippen LogP contribution is 2.29. The standard InChI is InChI=1S/C22H36Br2/c1-3-5-7-9-11-13-15-19-17-20(22(24)18-21(19)23)16-14-12-10-8-6-4-2/h17-18H,3-16H2,1-2H3. The molecular formula is C22H36Br2. The zero-order valence-corrected chi connectivity index (χ0v) is 19.0. The van der Waals surface area contributed by atoms with Gasteiger partial charge < -0.3 is 0 Å². The van der Waals surface area contributed by atoms with Crippen LogP contribution in [0.2, 0.25) is 0 Å². The summed E-state index contributed by atoms with van der Waals surface area (Å²) in [5.74, 6) is 0. The van der Waals surface area contributed by atoms with Crippen molar-refractivity contribution in [1.82, 2.24) is 0 Å². The summed E-state index contributed by atoms with van der Waals surface area (Å²) in [5, 5.41) is 0. The summed E-state index contributed by atoms with van der Waals surface area (Å²) in [6.07, 6.45) is 18.9. The van der Waals surface area contributed by atoms with Crippen LogP contribution < -0.4 is 0 Å². The molecule has 0 aliphatic rings. The molecule has 24 heavy (non-hydrogen) atoms. The van der Waals surface area contributed by atoms with E-state index in [0.717, 1.165) is 0 Å². The van der Waals surface area contributed by atoms with E-state index in [9.17, 15) is 0 Å². The predicted octanol–water partition coefficient (Wildman–Crippen LogP) is 9.02. The lowest BCUT2D eigenvalue weighted by Gasteiger charge is -2.11. The average Bonchev–Trinajstić information content (AvgIpc) is 2.57. The first-order chi connectivity index (χ1) is 11.7. The number of rotatable bonds is 14. The first kappa shape index (κ1) is 22.2. The van der Waals surface area contributed by atoms with Gasteiger partial charge in [0.05, 0.1) is 0 Å². The van der Waals surface area contributed by atoms with Gasteiger partial charge in [0.15, 0.2) is 0 Å². The van der Waals surface area contributed by atoms with Crippen LogP contribution in [0, 0.1) is 0 Å². The lowest BCUT2D eigenvalue weighted by atomic mass is 10.00. The second-order valence-corrected chi connectivity index (χ2v) is 8.78. The van der Waals surface area contributed by atoms with Gasteiger partial charge >= 0.3 is 0 Å². The maximum atomic E-state index is 3.76. The van der Waals surface area contributed by atoms with Gasteiger partial charge in [0, 0.05) is 8.95 Å². The summed E-state index contributed by atoms with van der Waals surface area (Å²) >= 11 is 7.51. The van der Waals surface area contributed by atoms with Crippen LogP contribution in [0.1, 0.15) is 102 Å². The van der Waals surface area contributed by atoms with Crippen molar-refractivity contribution in [3.05, 3.63) is 32.2 Å². The highest BCUT2D eigenvalue weighted by Gasteiger charge is 2.07. The maximum Gasteiger partial charge on any atom is 0.0218 e. The Balaban J connectivity index is 2.37. The van der Waals surface area contributed by atoms with Gasteiger partial charge in [-0.3, -0.25) is 0 Å². The van der Waals surface area contributed by atoms with Crippen molar-refractivity contribution in [3.8, 4) is 0 Å². The van der Waals surface area contributed by atoms with Crippen molar-refractivity contribution in [2.24, 2.45) is 0 Å². The maximum absolute atomic E-state index is 3.76. The molecule has 0 unspecified atom stereocenters. The van der Waals surface area contributed by atoms with Gasteiger partial charge in [-0.1, -0.05) is 116 Å². The molecule has 0 saturated heterocycles. The van der Waals surface area contributed by atoms with Crippen LogP contribution in [0.3, 0.4) is 0 Å². The fourth-order valence-electron chi connectivity index (χ4n) is 3.22. The van der Waals surface area contributed by atoms with Gasteiger partial charge in [0.25, 0.3) is 0 Å². The van der Waals surface area contributed by atoms with Crippen LogP contribution in [0.5, 0.6) is 0 Å². The van der Waals surface area contributed by atoms with Gasteiger partial charge in [-0.05, 0) is 42.9 Å². The zero-order chi connectivity index (χ0) is 17.6. The molecule has 0 bridgehead atoms. The molecule has 1 rings (SSSR count). The minimum atomic E-state index is 1.21. The quantitative estimate of drug-likeness (QED) is 0.243. The first-order valence-corrected chi connectivity index (χ1v) is 11.7. The lowest BCUT2D eigenvalue weighted by molar-refractivity contribution is 0.604. The summed E-state index contributed by atoms with van der Waals surface area (Å²) in [6, 6.07) is 4.70. The molecule has 0 aliphatic carbocycles. The number of unbranched alkanes of at least 4 members (excludes halogenated alkanes) is 10. The zero-order valence-electron chi connectivity index (χ0n) is 15.8. The van der Waals surface area contributed by atoms with E-state index < -0.39 is 0 Å². The molecule has 1 aromatic rings. The van der Waals surface area contributed by atoms with Crippen LogP contribution >= 0.6 is 31.9 Å². The van der Waals surface area contributed by atoms with Crippen LogP contribution in [0.4, 0.5) is 0 Å². The van der Waals surface area contributed by atoms with Crippen molar-refractivity contribution < 1.29 is 0 Å². The van der Waals surface area contributed by atoms with E-state index in [1.54, 1.807) is 0 Å². The van der Waals surface area contributed by atoms with Crippen LogP contribution in [0.25, 0.3) is 0 Å². The summed E-state index contributed by atoms with van der Waals surface area (Å²) < 4.78 is 2.55. The third-order valence-electron chi connectivity index (χ3n) is 4.81. The Bertz CT molecular complexity index is 403. The smallest absolute Gasteiger partial charge is 0.0218 e. The Morgan fingerprint density at radius 3 is 1.33 bits per heavy atom. The lowest BCUT2D eigenvalue weighted by Crippen LogP contribution is -1.94. The van der Waals surface area contributed by atoms with Crippen LogP contribution in [0.15, 0.2) is 21.1 Å². The van der Waals surface area contributed by atoms with Crippen LogP contribution in [-0.2, 0) is 12.8 Å². The Morgan fingerprint density at radius 2 is 0.917 bits per heavy atom. The number of hydrogen-bond acceptors (Lipinski definition) is 0. The van der Waals surface area contributed by atoms with E-state index in [0.29, 0.717) is 0 Å². The third kappa shape index (κ3) is 9.61. The van der Waals surface area contributed by atoms with E-state index in [-0.39, 0.29) is 0 Å². The molecule has 0 heterocycles. The molecule has 0 fully saturated rings. The van der Waals surface area contributed by atoms with Gasteiger partial charge in [-0.2, -0.15) is 0 Å². The molecule has 0 amide bonds. The Hall–Kier alpha value is 0.180. The Morgan fingerprint density at radius 1 is 0.542 bits per heavy atom. The highest BCUT2D eigenvalue weighted by molar-refractivity contribution is 9.11. The number of hydrogen-bond donors (Lipinski definition) is 0. The van der Waals surface area contributed by atoms with Crippen molar-refractivity contribution in [2.75, 3.05) is 0 Å². The van der Waals surface area contributed by atoms with Crippen molar-refractivity contribution >= 4 is 31.9 Å². The van der Waals surface area contributed by atoms with Gasteiger partial charge in [0.1, 0.15) is 0 Å². The summed E-state index contributed by atoms with van der Waals surface area (Å²) in [7, 11) is 0. The summed E-state index contributed by atoms with van der Waals surface area (Å²) in [5.41, 5.74) is 2.99. The average molecular weight is 460 g/mol. The molecule has 0 spiro atoms. The van der Waals surface area contributed by atoms with Crippen molar-refractivity contribution in [1.29, 1.82) is 0 Å². The molecule has 1 aromatic carbocycles. The molecule has 0 saturated carbocycles. The van der Waals surface area contributed by atoms with E-state index in [2.05, 4.69) is 57.8 Å². The molecule has 2 heteroatoms. The highest BCUT2D eigenvalue weighted by atomic mass is 79.9. The molecular weight excluding hydrogens is 424 g/mol. The molecule has 0 atom stereocenters. The van der Waals surface area contributed by atoms with Gasteiger partial charge in [-0.15, -0.1) is 0 Å². The second kappa shape index (κ2) is 14.4. The minimum absolute atomic E-state index is 1.21. The molecule has 0 aliphatic heterocycles.